The summed E-state index contributed by atoms with van der Waals surface area (Å²) in [6.45, 7) is 10.5. The van der Waals surface area contributed by atoms with Crippen LogP contribution in [0.2, 0.25) is 19.1 Å². The quantitative estimate of drug-likeness (QED) is 0.643. The van der Waals surface area contributed by atoms with Crippen LogP contribution in [0.4, 0.5) is 0 Å². The molecule has 0 amide bonds. The van der Waals surface area contributed by atoms with Gasteiger partial charge in [0.05, 0.1) is 0 Å². The molecule has 1 unspecified atom stereocenters. The SMILES string of the molecule is CC1CN(CCN)[Si](C)(C)C1.N. The van der Waals surface area contributed by atoms with Crippen molar-refractivity contribution in [2.45, 2.75) is 26.1 Å². The Labute approximate surface area is 77.0 Å². The lowest BCUT2D eigenvalue weighted by atomic mass is 10.2. The van der Waals surface area contributed by atoms with Crippen molar-refractivity contribution in [3.05, 3.63) is 0 Å². The van der Waals surface area contributed by atoms with E-state index in [1.165, 1.54) is 12.6 Å². The van der Waals surface area contributed by atoms with Crippen LogP contribution in [0.3, 0.4) is 0 Å². The first kappa shape index (κ1) is 12.1. The van der Waals surface area contributed by atoms with Gasteiger partial charge in [-0.3, -0.25) is 0 Å². The fourth-order valence-electron chi connectivity index (χ4n) is 2.22. The number of nitrogens with two attached hydrogens (primary N) is 1. The summed E-state index contributed by atoms with van der Waals surface area (Å²) in [5, 5.41) is 0. The lowest BCUT2D eigenvalue weighted by Gasteiger charge is -2.28. The molecule has 1 saturated heterocycles. The minimum Gasteiger partial charge on any atom is -0.344 e. The average Bonchev–Trinajstić information content (AvgIpc) is 2.07. The van der Waals surface area contributed by atoms with Crippen LogP contribution in [0.1, 0.15) is 6.92 Å². The van der Waals surface area contributed by atoms with Crippen molar-refractivity contribution in [3.63, 3.8) is 0 Å². The monoisotopic (exact) mass is 189 g/mol. The van der Waals surface area contributed by atoms with Crippen LogP contribution >= 0.6 is 0 Å². The van der Waals surface area contributed by atoms with E-state index in [9.17, 15) is 0 Å². The van der Waals surface area contributed by atoms with Gasteiger partial charge in [0.1, 0.15) is 8.24 Å². The third kappa shape index (κ3) is 2.55. The smallest absolute Gasteiger partial charge is 0.122 e. The van der Waals surface area contributed by atoms with Crippen LogP contribution < -0.4 is 11.9 Å². The molecular weight excluding hydrogens is 166 g/mol. The van der Waals surface area contributed by atoms with E-state index in [1.807, 2.05) is 0 Å². The zero-order valence-electron chi connectivity index (χ0n) is 8.64. The molecule has 4 heteroatoms. The molecule has 1 fully saturated rings. The zero-order chi connectivity index (χ0) is 8.48. The maximum atomic E-state index is 5.56. The lowest BCUT2D eigenvalue weighted by molar-refractivity contribution is 0.426. The second kappa shape index (κ2) is 4.37. The molecule has 1 aliphatic rings. The first-order valence-corrected chi connectivity index (χ1v) is 7.67. The molecule has 0 bridgehead atoms. The van der Waals surface area contributed by atoms with Crippen molar-refractivity contribution in [3.8, 4) is 0 Å². The Balaban J connectivity index is 0.00000121. The van der Waals surface area contributed by atoms with Crippen molar-refractivity contribution in [1.29, 1.82) is 0 Å². The van der Waals surface area contributed by atoms with Crippen LogP contribution in [0.5, 0.6) is 0 Å². The number of nitrogens with zero attached hydrogens (tertiary/aromatic N) is 1. The van der Waals surface area contributed by atoms with Gasteiger partial charge in [-0.1, -0.05) is 20.0 Å². The standard InChI is InChI=1S/C8H20N2Si.H3N/c1-8-6-10(5-4-9)11(2,3)7-8;/h8H,4-7,9H2,1-3H3;1H3. The van der Waals surface area contributed by atoms with Gasteiger partial charge in [0.15, 0.2) is 0 Å². The van der Waals surface area contributed by atoms with E-state index in [0.717, 1.165) is 19.0 Å². The summed E-state index contributed by atoms with van der Waals surface area (Å²) in [6, 6.07) is 1.45. The zero-order valence-corrected chi connectivity index (χ0v) is 9.64. The summed E-state index contributed by atoms with van der Waals surface area (Å²) in [5.74, 6) is 0.906. The Morgan fingerprint density at radius 3 is 2.42 bits per heavy atom. The van der Waals surface area contributed by atoms with Gasteiger partial charge in [-0.15, -0.1) is 0 Å². The molecule has 1 atom stereocenters. The second-order valence-corrected chi connectivity index (χ2v) is 9.02. The van der Waals surface area contributed by atoms with E-state index >= 15 is 0 Å². The number of rotatable bonds is 2. The van der Waals surface area contributed by atoms with Gasteiger partial charge in [-0.2, -0.15) is 0 Å². The summed E-state index contributed by atoms with van der Waals surface area (Å²) in [6.07, 6.45) is 0. The molecule has 0 aromatic heterocycles. The Morgan fingerprint density at radius 2 is 2.08 bits per heavy atom. The first-order valence-electron chi connectivity index (χ1n) is 4.51. The minimum absolute atomic E-state index is 0. The predicted octanol–water partition coefficient (Wildman–Crippen LogP) is 1.26. The maximum absolute atomic E-state index is 5.56. The molecule has 1 heterocycles. The summed E-state index contributed by atoms with van der Waals surface area (Å²) >= 11 is 0. The lowest BCUT2D eigenvalue weighted by Crippen LogP contribution is -2.45. The van der Waals surface area contributed by atoms with Crippen molar-refractivity contribution in [1.82, 2.24) is 10.7 Å². The highest BCUT2D eigenvalue weighted by Crippen LogP contribution is 2.29. The third-order valence-corrected chi connectivity index (χ3v) is 6.45. The minimum atomic E-state index is -1.00. The number of hydrogen-bond acceptors (Lipinski definition) is 3. The molecule has 0 saturated carbocycles. The first-order chi connectivity index (χ1) is 5.06. The highest BCUT2D eigenvalue weighted by molar-refractivity contribution is 6.75. The van der Waals surface area contributed by atoms with E-state index in [1.54, 1.807) is 0 Å². The van der Waals surface area contributed by atoms with Gasteiger partial charge in [0, 0.05) is 13.1 Å². The molecule has 0 aromatic rings. The van der Waals surface area contributed by atoms with Gasteiger partial charge in [-0.05, 0) is 18.5 Å². The van der Waals surface area contributed by atoms with E-state index < -0.39 is 8.24 Å². The van der Waals surface area contributed by atoms with Crippen LogP contribution in [-0.4, -0.2) is 32.4 Å². The van der Waals surface area contributed by atoms with Crippen LogP contribution in [0.15, 0.2) is 0 Å². The predicted molar refractivity (Wildman–Crippen MR) is 57.1 cm³/mol. The Kier molecular flexibility index (Phi) is 4.40. The summed E-state index contributed by atoms with van der Waals surface area (Å²) in [4.78, 5) is 0. The third-order valence-electron chi connectivity index (χ3n) is 2.64. The van der Waals surface area contributed by atoms with Gasteiger partial charge in [0.2, 0.25) is 0 Å². The molecule has 0 aromatic carbocycles. The highest BCUT2D eigenvalue weighted by Gasteiger charge is 2.37. The van der Waals surface area contributed by atoms with Crippen molar-refractivity contribution in [2.75, 3.05) is 19.6 Å². The summed E-state index contributed by atoms with van der Waals surface area (Å²) in [5.41, 5.74) is 5.56. The van der Waals surface area contributed by atoms with Gasteiger partial charge in [-0.25, -0.2) is 0 Å². The maximum Gasteiger partial charge on any atom is 0.122 e. The van der Waals surface area contributed by atoms with E-state index in [0.29, 0.717) is 0 Å². The van der Waals surface area contributed by atoms with E-state index in [4.69, 9.17) is 5.73 Å². The van der Waals surface area contributed by atoms with Crippen LogP contribution in [-0.2, 0) is 0 Å². The summed E-state index contributed by atoms with van der Waals surface area (Å²) in [7, 11) is -1.00. The topological polar surface area (TPSA) is 64.3 Å². The molecule has 5 N–H and O–H groups in total. The summed E-state index contributed by atoms with van der Waals surface area (Å²) < 4.78 is 2.64. The average molecular weight is 189 g/mol. The Morgan fingerprint density at radius 1 is 1.50 bits per heavy atom. The molecule has 12 heavy (non-hydrogen) atoms. The van der Waals surface area contributed by atoms with Gasteiger partial charge >= 0.3 is 0 Å². The normalized spacial score (nSPS) is 28.5. The Hall–Kier alpha value is 0.0969. The van der Waals surface area contributed by atoms with E-state index in [2.05, 4.69) is 24.6 Å². The fraction of sp³-hybridized carbons (Fsp3) is 1.00. The molecule has 0 radical (unpaired) electrons. The highest BCUT2D eigenvalue weighted by atomic mass is 28.3. The van der Waals surface area contributed by atoms with Crippen LogP contribution in [0, 0.1) is 5.92 Å². The van der Waals surface area contributed by atoms with Crippen molar-refractivity contribution < 1.29 is 0 Å². The van der Waals surface area contributed by atoms with Crippen molar-refractivity contribution in [2.24, 2.45) is 11.7 Å². The molecule has 1 rings (SSSR count). The van der Waals surface area contributed by atoms with Crippen LogP contribution in [0.25, 0.3) is 0 Å². The van der Waals surface area contributed by atoms with Crippen molar-refractivity contribution >= 4 is 8.24 Å². The molecule has 0 spiro atoms. The number of hydrogen-bond donors (Lipinski definition) is 2. The molecule has 0 aliphatic carbocycles. The van der Waals surface area contributed by atoms with Gasteiger partial charge < -0.3 is 16.4 Å². The molecule has 74 valence electrons. The molecular formula is C8H23N3Si. The largest absolute Gasteiger partial charge is 0.344 e. The second-order valence-electron chi connectivity index (χ2n) is 4.36. The Bertz CT molecular complexity index is 138. The fourth-order valence-corrected chi connectivity index (χ4v) is 5.85. The molecule has 1 aliphatic heterocycles. The van der Waals surface area contributed by atoms with E-state index in [-0.39, 0.29) is 6.15 Å². The molecule has 3 nitrogen and oxygen atoms in total. The van der Waals surface area contributed by atoms with Gasteiger partial charge in [0.25, 0.3) is 0 Å².